The second kappa shape index (κ2) is 10.2. The molecule has 0 aliphatic rings. The van der Waals surface area contributed by atoms with Crippen molar-refractivity contribution in [2.24, 2.45) is 0 Å². The van der Waals surface area contributed by atoms with E-state index in [1.165, 1.54) is 18.2 Å². The topological polar surface area (TPSA) is 120 Å². The Labute approximate surface area is 190 Å². The third kappa shape index (κ3) is 6.38. The van der Waals surface area contributed by atoms with E-state index >= 15 is 0 Å². The number of carbonyl (C=O) groups is 3. The Morgan fingerprint density at radius 3 is 1.30 bits per heavy atom. The van der Waals surface area contributed by atoms with Gasteiger partial charge in [-0.15, -0.1) is 12.8 Å². The molecule has 8 heteroatoms. The Hall–Kier alpha value is -5.21. The molecule has 0 aliphatic carbocycles. The van der Waals surface area contributed by atoms with Gasteiger partial charge in [-0.1, -0.05) is 11.8 Å². The Bertz CT molecular complexity index is 1190. The van der Waals surface area contributed by atoms with E-state index in [1.54, 1.807) is 48.5 Å². The average molecular weight is 438 g/mol. The molecule has 5 N–H and O–H groups in total. The monoisotopic (exact) mass is 438 g/mol. The Morgan fingerprint density at radius 1 is 0.606 bits per heavy atom. The second-order valence-corrected chi connectivity index (χ2v) is 6.71. The highest BCUT2D eigenvalue weighted by Crippen LogP contribution is 2.21. The molecule has 0 saturated carbocycles. The molecular formula is C25H18N4O4. The summed E-state index contributed by atoms with van der Waals surface area (Å²) < 4.78 is 0. The SMILES string of the molecule is C#Cc1ccc(NC(=O)Nc2cc(NC(=O)Nc3ccc(C#C)cc3)cc(C(=O)O)c2)cc1. The first kappa shape index (κ1) is 22.5. The first-order valence-electron chi connectivity index (χ1n) is 9.54. The molecule has 0 aromatic heterocycles. The van der Waals surface area contributed by atoms with Crippen LogP contribution < -0.4 is 21.3 Å². The molecule has 8 nitrogen and oxygen atoms in total. The summed E-state index contributed by atoms with van der Waals surface area (Å²) in [7, 11) is 0. The van der Waals surface area contributed by atoms with E-state index in [9.17, 15) is 19.5 Å². The number of hydrogen-bond donors (Lipinski definition) is 5. The molecule has 3 aromatic carbocycles. The van der Waals surface area contributed by atoms with Crippen molar-refractivity contribution in [2.75, 3.05) is 21.3 Å². The van der Waals surface area contributed by atoms with Crippen LogP contribution in [0.2, 0.25) is 0 Å². The minimum absolute atomic E-state index is 0.125. The van der Waals surface area contributed by atoms with E-state index in [-0.39, 0.29) is 16.9 Å². The summed E-state index contributed by atoms with van der Waals surface area (Å²) in [5, 5.41) is 19.7. The summed E-state index contributed by atoms with van der Waals surface area (Å²) in [5.41, 5.74) is 2.53. The third-order valence-electron chi connectivity index (χ3n) is 4.31. The van der Waals surface area contributed by atoms with Crippen LogP contribution in [0.1, 0.15) is 21.5 Å². The van der Waals surface area contributed by atoms with Gasteiger partial charge in [0.25, 0.3) is 0 Å². The van der Waals surface area contributed by atoms with Crippen LogP contribution in [0.15, 0.2) is 66.7 Å². The van der Waals surface area contributed by atoms with Crippen molar-refractivity contribution in [1.82, 2.24) is 0 Å². The number of nitrogens with one attached hydrogen (secondary N) is 4. The van der Waals surface area contributed by atoms with Gasteiger partial charge < -0.3 is 26.4 Å². The first-order chi connectivity index (χ1) is 15.9. The van der Waals surface area contributed by atoms with Crippen molar-refractivity contribution < 1.29 is 19.5 Å². The molecule has 0 bridgehead atoms. The van der Waals surface area contributed by atoms with Crippen molar-refractivity contribution in [2.45, 2.75) is 0 Å². The van der Waals surface area contributed by atoms with Crippen LogP contribution >= 0.6 is 0 Å². The predicted molar refractivity (Wildman–Crippen MR) is 127 cm³/mol. The number of carboxylic acid groups (broad SMARTS) is 1. The first-order valence-corrected chi connectivity index (χ1v) is 9.54. The Balaban J connectivity index is 1.70. The van der Waals surface area contributed by atoms with Crippen molar-refractivity contribution in [3.05, 3.63) is 83.4 Å². The fourth-order valence-corrected chi connectivity index (χ4v) is 2.78. The van der Waals surface area contributed by atoms with E-state index in [2.05, 4.69) is 33.1 Å². The van der Waals surface area contributed by atoms with Gasteiger partial charge >= 0.3 is 18.0 Å². The molecule has 4 amide bonds. The number of terminal acetylenes is 2. The van der Waals surface area contributed by atoms with Crippen LogP contribution in [-0.4, -0.2) is 23.1 Å². The number of amides is 4. The van der Waals surface area contributed by atoms with Gasteiger partial charge in [0.05, 0.1) is 5.56 Å². The lowest BCUT2D eigenvalue weighted by Gasteiger charge is -2.12. The lowest BCUT2D eigenvalue weighted by molar-refractivity contribution is 0.0697. The van der Waals surface area contributed by atoms with Crippen LogP contribution in [0.5, 0.6) is 0 Å². The number of hydrogen-bond acceptors (Lipinski definition) is 3. The molecule has 3 rings (SSSR count). The molecule has 33 heavy (non-hydrogen) atoms. The number of aromatic carboxylic acids is 1. The molecule has 0 unspecified atom stereocenters. The second-order valence-electron chi connectivity index (χ2n) is 6.71. The molecule has 162 valence electrons. The maximum atomic E-state index is 12.3. The van der Waals surface area contributed by atoms with Crippen molar-refractivity contribution in [3.63, 3.8) is 0 Å². The quantitative estimate of drug-likeness (QED) is 0.373. The molecule has 0 aliphatic heterocycles. The zero-order valence-electron chi connectivity index (χ0n) is 17.2. The minimum Gasteiger partial charge on any atom is -0.478 e. The lowest BCUT2D eigenvalue weighted by atomic mass is 10.1. The van der Waals surface area contributed by atoms with E-state index in [1.807, 2.05) is 0 Å². The standard InChI is InChI=1S/C25H18N4O4/c1-3-16-5-9-19(10-6-16)26-24(32)28-21-13-18(23(30)31)14-22(15-21)29-25(33)27-20-11-7-17(4-2)8-12-20/h1-2,5-15H,(H,30,31)(H2,26,28,32)(H2,27,29,33). The Kier molecular flexibility index (Phi) is 6.95. The van der Waals surface area contributed by atoms with Gasteiger partial charge in [0.1, 0.15) is 0 Å². The van der Waals surface area contributed by atoms with Crippen LogP contribution in [0.3, 0.4) is 0 Å². The van der Waals surface area contributed by atoms with Crippen LogP contribution in [0.25, 0.3) is 0 Å². The molecule has 3 aromatic rings. The summed E-state index contributed by atoms with van der Waals surface area (Å²) in [4.78, 5) is 36.1. The number of rotatable bonds is 5. The summed E-state index contributed by atoms with van der Waals surface area (Å²) in [5.74, 6) is 3.72. The van der Waals surface area contributed by atoms with Crippen molar-refractivity contribution in [1.29, 1.82) is 0 Å². The third-order valence-corrected chi connectivity index (χ3v) is 4.31. The van der Waals surface area contributed by atoms with Crippen LogP contribution in [0, 0.1) is 24.7 Å². The van der Waals surface area contributed by atoms with Gasteiger partial charge in [-0.25, -0.2) is 14.4 Å². The number of urea groups is 2. The number of benzene rings is 3. The lowest BCUT2D eigenvalue weighted by Crippen LogP contribution is -2.21. The van der Waals surface area contributed by atoms with Gasteiger partial charge in [0.15, 0.2) is 0 Å². The summed E-state index contributed by atoms with van der Waals surface area (Å²) in [6.45, 7) is 0. The molecule has 0 fully saturated rings. The molecule has 0 atom stereocenters. The van der Waals surface area contributed by atoms with E-state index in [0.717, 1.165) is 0 Å². The highest BCUT2D eigenvalue weighted by molar-refractivity contribution is 6.04. The largest absolute Gasteiger partial charge is 0.478 e. The van der Waals surface area contributed by atoms with Gasteiger partial charge in [0, 0.05) is 33.9 Å². The van der Waals surface area contributed by atoms with Gasteiger partial charge in [-0.2, -0.15) is 0 Å². The molecule has 0 spiro atoms. The smallest absolute Gasteiger partial charge is 0.335 e. The van der Waals surface area contributed by atoms with Crippen LogP contribution in [-0.2, 0) is 0 Å². The summed E-state index contributed by atoms with van der Waals surface area (Å²) in [6.07, 6.45) is 10.6. The highest BCUT2D eigenvalue weighted by atomic mass is 16.4. The number of carbonyl (C=O) groups excluding carboxylic acids is 2. The van der Waals surface area contributed by atoms with E-state index in [4.69, 9.17) is 12.8 Å². The van der Waals surface area contributed by atoms with Crippen LogP contribution in [0.4, 0.5) is 32.3 Å². The zero-order valence-corrected chi connectivity index (χ0v) is 17.2. The van der Waals surface area contributed by atoms with Gasteiger partial charge in [-0.3, -0.25) is 0 Å². The minimum atomic E-state index is -1.22. The molecular weight excluding hydrogens is 420 g/mol. The molecule has 0 heterocycles. The van der Waals surface area contributed by atoms with Gasteiger partial charge in [-0.05, 0) is 66.7 Å². The summed E-state index contributed by atoms with van der Waals surface area (Å²) in [6, 6.07) is 16.0. The van der Waals surface area contributed by atoms with Crippen molar-refractivity contribution >= 4 is 40.8 Å². The normalized spacial score (nSPS) is 9.64. The molecule has 0 radical (unpaired) electrons. The zero-order chi connectivity index (χ0) is 23.8. The Morgan fingerprint density at radius 2 is 0.970 bits per heavy atom. The number of anilines is 4. The van der Waals surface area contributed by atoms with E-state index < -0.39 is 18.0 Å². The predicted octanol–water partition coefficient (Wildman–Crippen LogP) is 4.64. The van der Waals surface area contributed by atoms with Crippen molar-refractivity contribution in [3.8, 4) is 24.7 Å². The molecule has 0 saturated heterocycles. The maximum Gasteiger partial charge on any atom is 0.335 e. The average Bonchev–Trinajstić information content (AvgIpc) is 2.79. The maximum absolute atomic E-state index is 12.3. The summed E-state index contributed by atoms with van der Waals surface area (Å²) >= 11 is 0. The van der Waals surface area contributed by atoms with E-state index in [0.29, 0.717) is 22.5 Å². The number of carboxylic acids is 1. The highest BCUT2D eigenvalue weighted by Gasteiger charge is 2.12. The fraction of sp³-hybridized carbons (Fsp3) is 0. The van der Waals surface area contributed by atoms with Gasteiger partial charge in [0.2, 0.25) is 0 Å². The fourth-order valence-electron chi connectivity index (χ4n) is 2.78.